The van der Waals surface area contributed by atoms with Gasteiger partial charge < -0.3 is 14.2 Å². The summed E-state index contributed by atoms with van der Waals surface area (Å²) in [6.07, 6.45) is 0.741. The van der Waals surface area contributed by atoms with E-state index in [1.165, 1.54) is 5.56 Å². The van der Waals surface area contributed by atoms with Gasteiger partial charge in [0.15, 0.2) is 6.79 Å². The Morgan fingerprint density at radius 2 is 1.24 bits per heavy atom. The van der Waals surface area contributed by atoms with Gasteiger partial charge >= 0.3 is 0 Å². The second-order valence-corrected chi connectivity index (χ2v) is 5.72. The fourth-order valence-corrected chi connectivity index (χ4v) is 2.65. The first-order valence-electron chi connectivity index (χ1n) is 8.31. The molecule has 0 aliphatic carbocycles. The Balaban J connectivity index is 1.84. The summed E-state index contributed by atoms with van der Waals surface area (Å²) in [5, 5.41) is 0. The average molecular weight is 334 g/mol. The zero-order chi connectivity index (χ0) is 17.3. The number of hydrogen-bond donors (Lipinski definition) is 0. The molecular weight excluding hydrogens is 312 g/mol. The zero-order valence-electron chi connectivity index (χ0n) is 14.4. The van der Waals surface area contributed by atoms with Gasteiger partial charge in [0.05, 0.1) is 0 Å². The molecule has 0 N–H and O–H groups in total. The van der Waals surface area contributed by atoms with Gasteiger partial charge in [-0.3, -0.25) is 0 Å². The van der Waals surface area contributed by atoms with Crippen molar-refractivity contribution in [1.82, 2.24) is 0 Å². The molecular formula is C22H22O3. The molecule has 0 aliphatic heterocycles. The Bertz CT molecular complexity index is 770. The summed E-state index contributed by atoms with van der Waals surface area (Å²) in [6.45, 7) is 0.736. The summed E-state index contributed by atoms with van der Waals surface area (Å²) in [5.74, 6) is 1.62. The Labute approximate surface area is 148 Å². The highest BCUT2D eigenvalue weighted by molar-refractivity contribution is 5.47. The Kier molecular flexibility index (Phi) is 6.07. The molecule has 0 unspecified atom stereocenters. The third-order valence-electron chi connectivity index (χ3n) is 3.88. The van der Waals surface area contributed by atoms with Gasteiger partial charge in [0.2, 0.25) is 0 Å². The molecule has 0 amide bonds. The summed E-state index contributed by atoms with van der Waals surface area (Å²) < 4.78 is 16.9. The molecule has 0 aromatic heterocycles. The fourth-order valence-electron chi connectivity index (χ4n) is 2.65. The molecule has 0 saturated carbocycles. The molecule has 3 aromatic rings. The molecule has 0 saturated heterocycles. The molecule has 128 valence electrons. The van der Waals surface area contributed by atoms with Gasteiger partial charge in [0.25, 0.3) is 0 Å². The number of benzene rings is 3. The second-order valence-electron chi connectivity index (χ2n) is 5.72. The van der Waals surface area contributed by atoms with Gasteiger partial charge in [-0.15, -0.1) is 0 Å². The van der Waals surface area contributed by atoms with E-state index in [-0.39, 0.29) is 6.79 Å². The van der Waals surface area contributed by atoms with Gasteiger partial charge in [-0.2, -0.15) is 0 Å². The molecule has 0 heterocycles. The third-order valence-corrected chi connectivity index (χ3v) is 3.88. The van der Waals surface area contributed by atoms with Gasteiger partial charge in [-0.25, -0.2) is 0 Å². The number of hydrogen-bond acceptors (Lipinski definition) is 3. The van der Waals surface area contributed by atoms with Crippen molar-refractivity contribution in [1.29, 1.82) is 0 Å². The standard InChI is InChI=1S/C22H22O3/c1-23-17-25-22-14-8-13-21(24-16-19-11-6-3-7-12-19)20(22)15-18-9-4-2-5-10-18/h2-14H,15-17H2,1H3. The van der Waals surface area contributed by atoms with Crippen molar-refractivity contribution in [3.63, 3.8) is 0 Å². The van der Waals surface area contributed by atoms with E-state index in [9.17, 15) is 0 Å². The molecule has 0 radical (unpaired) electrons. The highest BCUT2D eigenvalue weighted by atomic mass is 16.7. The van der Waals surface area contributed by atoms with Crippen molar-refractivity contribution in [2.24, 2.45) is 0 Å². The predicted octanol–water partition coefficient (Wildman–Crippen LogP) is 4.84. The summed E-state index contributed by atoms with van der Waals surface area (Å²) in [5.41, 5.74) is 3.37. The van der Waals surface area contributed by atoms with Crippen LogP contribution in [0.3, 0.4) is 0 Å². The first-order chi connectivity index (χ1) is 12.4. The van der Waals surface area contributed by atoms with E-state index in [1.54, 1.807) is 7.11 Å². The van der Waals surface area contributed by atoms with E-state index >= 15 is 0 Å². The maximum absolute atomic E-state index is 6.10. The van der Waals surface area contributed by atoms with Crippen molar-refractivity contribution in [2.75, 3.05) is 13.9 Å². The molecule has 0 atom stereocenters. The minimum Gasteiger partial charge on any atom is -0.488 e. The fraction of sp³-hybridized carbons (Fsp3) is 0.182. The predicted molar refractivity (Wildman–Crippen MR) is 99.0 cm³/mol. The van der Waals surface area contributed by atoms with Crippen LogP contribution in [0.25, 0.3) is 0 Å². The van der Waals surface area contributed by atoms with E-state index in [0.29, 0.717) is 6.61 Å². The maximum atomic E-state index is 6.10. The van der Waals surface area contributed by atoms with E-state index in [0.717, 1.165) is 29.0 Å². The molecule has 3 nitrogen and oxygen atoms in total. The van der Waals surface area contributed by atoms with E-state index in [1.807, 2.05) is 54.6 Å². The molecule has 3 heteroatoms. The number of ether oxygens (including phenoxy) is 3. The molecule has 3 aromatic carbocycles. The Morgan fingerprint density at radius 1 is 0.640 bits per heavy atom. The van der Waals surface area contributed by atoms with Crippen molar-refractivity contribution < 1.29 is 14.2 Å². The second kappa shape index (κ2) is 8.90. The van der Waals surface area contributed by atoms with E-state index in [2.05, 4.69) is 24.3 Å². The van der Waals surface area contributed by atoms with Gasteiger partial charge in [-0.05, 0) is 23.3 Å². The number of rotatable bonds is 8. The summed E-state index contributed by atoms with van der Waals surface area (Å²) in [6, 6.07) is 26.3. The smallest absolute Gasteiger partial charge is 0.188 e. The summed E-state index contributed by atoms with van der Waals surface area (Å²) >= 11 is 0. The highest BCUT2D eigenvalue weighted by Crippen LogP contribution is 2.31. The Morgan fingerprint density at radius 3 is 1.88 bits per heavy atom. The largest absolute Gasteiger partial charge is 0.488 e. The normalized spacial score (nSPS) is 10.4. The SMILES string of the molecule is COCOc1cccc(OCc2ccccc2)c1Cc1ccccc1. The molecule has 0 spiro atoms. The van der Waals surface area contributed by atoms with Crippen molar-refractivity contribution in [3.8, 4) is 11.5 Å². The van der Waals surface area contributed by atoms with Crippen LogP contribution in [-0.4, -0.2) is 13.9 Å². The summed E-state index contributed by atoms with van der Waals surface area (Å²) in [4.78, 5) is 0. The van der Waals surface area contributed by atoms with Gasteiger partial charge in [-0.1, -0.05) is 66.7 Å². The van der Waals surface area contributed by atoms with E-state index in [4.69, 9.17) is 14.2 Å². The van der Waals surface area contributed by atoms with Crippen LogP contribution < -0.4 is 9.47 Å². The lowest BCUT2D eigenvalue weighted by Crippen LogP contribution is -2.05. The molecule has 25 heavy (non-hydrogen) atoms. The van der Waals surface area contributed by atoms with Crippen LogP contribution >= 0.6 is 0 Å². The van der Waals surface area contributed by atoms with Crippen molar-refractivity contribution >= 4 is 0 Å². The third kappa shape index (κ3) is 4.85. The van der Waals surface area contributed by atoms with Gasteiger partial charge in [0, 0.05) is 19.1 Å². The van der Waals surface area contributed by atoms with Crippen LogP contribution in [0.1, 0.15) is 16.7 Å². The highest BCUT2D eigenvalue weighted by Gasteiger charge is 2.12. The van der Waals surface area contributed by atoms with Crippen LogP contribution in [0.4, 0.5) is 0 Å². The van der Waals surface area contributed by atoms with Gasteiger partial charge in [0.1, 0.15) is 18.1 Å². The van der Waals surface area contributed by atoms with Crippen molar-refractivity contribution in [2.45, 2.75) is 13.0 Å². The topological polar surface area (TPSA) is 27.7 Å². The first kappa shape index (κ1) is 17.1. The molecule has 0 aliphatic rings. The monoisotopic (exact) mass is 334 g/mol. The summed E-state index contributed by atoms with van der Waals surface area (Å²) in [7, 11) is 1.62. The maximum Gasteiger partial charge on any atom is 0.188 e. The molecule has 0 fully saturated rings. The zero-order valence-corrected chi connectivity index (χ0v) is 14.4. The minimum absolute atomic E-state index is 0.212. The first-order valence-corrected chi connectivity index (χ1v) is 8.31. The van der Waals surface area contributed by atoms with Crippen molar-refractivity contribution in [3.05, 3.63) is 95.6 Å². The average Bonchev–Trinajstić information content (AvgIpc) is 2.67. The lowest BCUT2D eigenvalue weighted by Gasteiger charge is -2.16. The number of methoxy groups -OCH3 is 1. The van der Waals surface area contributed by atoms with Crippen LogP contribution in [-0.2, 0) is 17.8 Å². The van der Waals surface area contributed by atoms with Crippen LogP contribution in [0.15, 0.2) is 78.9 Å². The quantitative estimate of drug-likeness (QED) is 0.552. The van der Waals surface area contributed by atoms with Crippen LogP contribution in [0.5, 0.6) is 11.5 Å². The lowest BCUT2D eigenvalue weighted by molar-refractivity contribution is 0.0502. The molecule has 3 rings (SSSR count). The Hall–Kier alpha value is -2.78. The van der Waals surface area contributed by atoms with E-state index < -0.39 is 0 Å². The van der Waals surface area contributed by atoms with Crippen LogP contribution in [0.2, 0.25) is 0 Å². The molecule has 0 bridgehead atoms. The minimum atomic E-state index is 0.212. The van der Waals surface area contributed by atoms with Crippen LogP contribution in [0, 0.1) is 0 Å². The lowest BCUT2D eigenvalue weighted by atomic mass is 10.0.